The summed E-state index contributed by atoms with van der Waals surface area (Å²) in [5.74, 6) is -0.585. The van der Waals surface area contributed by atoms with Crippen LogP contribution >= 0.6 is 0 Å². The Morgan fingerprint density at radius 3 is 2.02 bits per heavy atom. The fourth-order valence-electron chi connectivity index (χ4n) is 4.84. The Bertz CT molecular complexity index is 1640. The summed E-state index contributed by atoms with van der Waals surface area (Å²) in [6.07, 6.45) is 0.247. The molecule has 0 aliphatic heterocycles. The molecule has 224 valence electrons. The molecule has 0 fully saturated rings. The summed E-state index contributed by atoms with van der Waals surface area (Å²) in [6, 6.07) is 29.3. The van der Waals surface area contributed by atoms with E-state index < -0.39 is 28.5 Å². The van der Waals surface area contributed by atoms with Crippen molar-refractivity contribution in [3.05, 3.63) is 125 Å². The fraction of sp³-hybridized carbons (Fsp3) is 0.235. The van der Waals surface area contributed by atoms with Crippen molar-refractivity contribution >= 4 is 27.5 Å². The van der Waals surface area contributed by atoms with Gasteiger partial charge in [0.15, 0.2) is 0 Å². The maximum Gasteiger partial charge on any atom is 0.264 e. The number of hydrogen-bond donors (Lipinski definition) is 1. The number of carbonyl (C=O) groups excluding carboxylic acids is 2. The second-order valence-corrected chi connectivity index (χ2v) is 12.2. The molecule has 0 saturated carbocycles. The SMILES string of the molecule is CNC(=O)C(Cc1ccccc1)N(Cc1ccc(C)cc1)C(=O)CN(c1cc(C)ccc1OC)S(=O)(=O)c1ccccc1. The second-order valence-electron chi connectivity index (χ2n) is 10.3. The molecule has 43 heavy (non-hydrogen) atoms. The van der Waals surface area contributed by atoms with Crippen molar-refractivity contribution in [1.82, 2.24) is 10.2 Å². The van der Waals surface area contributed by atoms with Crippen molar-refractivity contribution in [3.8, 4) is 5.75 Å². The van der Waals surface area contributed by atoms with Crippen molar-refractivity contribution in [3.63, 3.8) is 0 Å². The van der Waals surface area contributed by atoms with E-state index in [9.17, 15) is 18.0 Å². The van der Waals surface area contributed by atoms with E-state index in [1.165, 1.54) is 31.2 Å². The van der Waals surface area contributed by atoms with Gasteiger partial charge in [-0.05, 0) is 54.8 Å². The number of rotatable bonds is 12. The molecule has 4 aromatic carbocycles. The average molecular weight is 600 g/mol. The molecular weight excluding hydrogens is 562 g/mol. The first kappa shape index (κ1) is 31.3. The molecule has 0 aliphatic carbocycles. The Morgan fingerprint density at radius 1 is 0.814 bits per heavy atom. The summed E-state index contributed by atoms with van der Waals surface area (Å²) in [5, 5.41) is 2.70. The van der Waals surface area contributed by atoms with Gasteiger partial charge >= 0.3 is 0 Å². The number of anilines is 1. The number of likely N-dealkylation sites (N-methyl/N-ethyl adjacent to an activating group) is 1. The van der Waals surface area contributed by atoms with Crippen LogP contribution in [0.5, 0.6) is 5.75 Å². The molecular formula is C34H37N3O5S. The maximum atomic E-state index is 14.4. The van der Waals surface area contributed by atoms with Crippen LogP contribution in [0.3, 0.4) is 0 Å². The molecule has 0 aromatic heterocycles. The third-order valence-electron chi connectivity index (χ3n) is 7.20. The Labute approximate surface area is 254 Å². The zero-order valence-electron chi connectivity index (χ0n) is 24.9. The molecule has 0 radical (unpaired) electrons. The predicted octanol–water partition coefficient (Wildman–Crippen LogP) is 4.89. The van der Waals surface area contributed by atoms with E-state index in [1.54, 1.807) is 30.3 Å². The van der Waals surface area contributed by atoms with Crippen LogP contribution < -0.4 is 14.4 Å². The lowest BCUT2D eigenvalue weighted by molar-refractivity contribution is -0.139. The number of ether oxygens (including phenoxy) is 1. The van der Waals surface area contributed by atoms with Crippen LogP contribution in [0.25, 0.3) is 0 Å². The third kappa shape index (κ3) is 7.61. The molecule has 0 bridgehead atoms. The minimum atomic E-state index is -4.22. The van der Waals surface area contributed by atoms with Gasteiger partial charge in [0.25, 0.3) is 10.0 Å². The molecule has 0 saturated heterocycles. The molecule has 9 heteroatoms. The van der Waals surface area contributed by atoms with Gasteiger partial charge in [-0.1, -0.05) is 84.4 Å². The van der Waals surface area contributed by atoms with Crippen molar-refractivity contribution in [1.29, 1.82) is 0 Å². The first-order valence-corrected chi connectivity index (χ1v) is 15.4. The van der Waals surface area contributed by atoms with Crippen LogP contribution in [-0.4, -0.2) is 51.9 Å². The number of sulfonamides is 1. The number of nitrogens with zero attached hydrogens (tertiary/aromatic N) is 2. The van der Waals surface area contributed by atoms with Crippen LogP contribution in [0.15, 0.2) is 108 Å². The topological polar surface area (TPSA) is 96.0 Å². The van der Waals surface area contributed by atoms with Gasteiger partial charge in [-0.15, -0.1) is 0 Å². The molecule has 4 aromatic rings. The molecule has 8 nitrogen and oxygen atoms in total. The van der Waals surface area contributed by atoms with Crippen molar-refractivity contribution in [2.45, 2.75) is 37.8 Å². The van der Waals surface area contributed by atoms with E-state index in [0.29, 0.717) is 5.75 Å². The number of aryl methyl sites for hydroxylation is 2. The molecule has 4 rings (SSSR count). The highest BCUT2D eigenvalue weighted by Gasteiger charge is 2.35. The van der Waals surface area contributed by atoms with Crippen LogP contribution in [0.4, 0.5) is 5.69 Å². The van der Waals surface area contributed by atoms with E-state index in [2.05, 4.69) is 5.32 Å². The lowest BCUT2D eigenvalue weighted by Crippen LogP contribution is -2.53. The largest absolute Gasteiger partial charge is 0.495 e. The predicted molar refractivity (Wildman–Crippen MR) is 168 cm³/mol. The lowest BCUT2D eigenvalue weighted by atomic mass is 10.0. The lowest BCUT2D eigenvalue weighted by Gasteiger charge is -2.34. The van der Waals surface area contributed by atoms with Crippen LogP contribution in [0, 0.1) is 13.8 Å². The standard InChI is InChI=1S/C34H37N3O5S/c1-25-15-18-28(19-16-25)23-36(31(34(39)35-3)22-27-11-7-5-8-12-27)33(38)24-37(30-21-26(2)17-20-32(30)42-4)43(40,41)29-13-9-6-10-14-29/h5-21,31H,22-24H2,1-4H3,(H,35,39). The number of carbonyl (C=O) groups is 2. The fourth-order valence-corrected chi connectivity index (χ4v) is 6.28. The average Bonchev–Trinajstić information content (AvgIpc) is 3.02. The van der Waals surface area contributed by atoms with Gasteiger partial charge in [0, 0.05) is 20.0 Å². The molecule has 1 N–H and O–H groups in total. The zero-order chi connectivity index (χ0) is 31.0. The first-order valence-electron chi connectivity index (χ1n) is 14.0. The Morgan fingerprint density at radius 2 is 1.42 bits per heavy atom. The maximum absolute atomic E-state index is 14.4. The van der Waals surface area contributed by atoms with Gasteiger partial charge in [-0.2, -0.15) is 0 Å². The summed E-state index contributed by atoms with van der Waals surface area (Å²) in [6.45, 7) is 3.36. The van der Waals surface area contributed by atoms with Gasteiger partial charge in [-0.25, -0.2) is 8.42 Å². The van der Waals surface area contributed by atoms with E-state index in [0.717, 1.165) is 26.6 Å². The third-order valence-corrected chi connectivity index (χ3v) is 8.98. The summed E-state index contributed by atoms with van der Waals surface area (Å²) in [7, 11) is -1.24. The minimum Gasteiger partial charge on any atom is -0.495 e. The normalized spacial score (nSPS) is 11.8. The molecule has 1 atom stereocenters. The molecule has 0 aliphatic rings. The number of amides is 2. The second kappa shape index (κ2) is 14.0. The summed E-state index contributed by atoms with van der Waals surface area (Å²) in [4.78, 5) is 29.3. The molecule has 1 unspecified atom stereocenters. The number of benzene rings is 4. The highest BCUT2D eigenvalue weighted by Crippen LogP contribution is 2.34. The van der Waals surface area contributed by atoms with Crippen molar-refractivity contribution in [2.24, 2.45) is 0 Å². The van der Waals surface area contributed by atoms with Crippen LogP contribution in [0.1, 0.15) is 22.3 Å². The van der Waals surface area contributed by atoms with E-state index >= 15 is 0 Å². The summed E-state index contributed by atoms with van der Waals surface area (Å²) in [5.41, 5.74) is 3.76. The van der Waals surface area contributed by atoms with Crippen molar-refractivity contribution in [2.75, 3.05) is 25.0 Å². The molecule has 0 spiro atoms. The first-order chi connectivity index (χ1) is 20.6. The van der Waals surface area contributed by atoms with Crippen LogP contribution in [-0.2, 0) is 32.6 Å². The Hall–Kier alpha value is -4.63. The Balaban J connectivity index is 1.82. The highest BCUT2D eigenvalue weighted by atomic mass is 32.2. The van der Waals surface area contributed by atoms with Crippen LogP contribution in [0.2, 0.25) is 0 Å². The monoisotopic (exact) mass is 599 g/mol. The molecule has 0 heterocycles. The van der Waals surface area contributed by atoms with Gasteiger partial charge in [0.1, 0.15) is 18.3 Å². The summed E-state index contributed by atoms with van der Waals surface area (Å²) < 4.78 is 34.9. The number of nitrogens with one attached hydrogen (secondary N) is 1. The smallest absolute Gasteiger partial charge is 0.264 e. The van der Waals surface area contributed by atoms with E-state index in [1.807, 2.05) is 74.5 Å². The molecule has 2 amide bonds. The van der Waals surface area contributed by atoms with Gasteiger partial charge in [-0.3, -0.25) is 13.9 Å². The number of hydrogen-bond acceptors (Lipinski definition) is 5. The zero-order valence-corrected chi connectivity index (χ0v) is 25.7. The quantitative estimate of drug-likeness (QED) is 0.250. The highest BCUT2D eigenvalue weighted by molar-refractivity contribution is 7.92. The van der Waals surface area contributed by atoms with Gasteiger partial charge in [0.2, 0.25) is 11.8 Å². The summed E-state index contributed by atoms with van der Waals surface area (Å²) >= 11 is 0. The van der Waals surface area contributed by atoms with E-state index in [4.69, 9.17) is 4.74 Å². The van der Waals surface area contributed by atoms with E-state index in [-0.39, 0.29) is 29.5 Å². The van der Waals surface area contributed by atoms with Gasteiger partial charge < -0.3 is 15.0 Å². The number of methoxy groups -OCH3 is 1. The minimum absolute atomic E-state index is 0.0311. The Kier molecular flexibility index (Phi) is 10.2. The van der Waals surface area contributed by atoms with Gasteiger partial charge in [0.05, 0.1) is 17.7 Å². The van der Waals surface area contributed by atoms with Crippen molar-refractivity contribution < 1.29 is 22.7 Å².